The first-order chi connectivity index (χ1) is 9.66. The van der Waals surface area contributed by atoms with Crippen molar-refractivity contribution >= 4 is 44.7 Å². The molecule has 0 radical (unpaired) electrons. The molecule has 1 aromatic carbocycles. The van der Waals surface area contributed by atoms with Gasteiger partial charge in [-0.1, -0.05) is 18.2 Å². The summed E-state index contributed by atoms with van der Waals surface area (Å²) in [5.41, 5.74) is 0.496. The zero-order chi connectivity index (χ0) is 15.8. The molecule has 2 unspecified atom stereocenters. The van der Waals surface area contributed by atoms with E-state index in [0.717, 1.165) is 0 Å². The Balaban J connectivity index is 2.55. The van der Waals surface area contributed by atoms with Crippen LogP contribution >= 0.6 is 23.2 Å². The number of benzene rings is 1. The number of sulfonamides is 1. The molecule has 0 spiro atoms. The molecule has 7 heteroatoms. The average molecular weight is 346 g/mol. The fraction of sp³-hybridized carbons (Fsp3) is 0.286. The molecule has 2 atom stereocenters. The van der Waals surface area contributed by atoms with Crippen molar-refractivity contribution in [1.82, 2.24) is 0 Å². The fourth-order valence-electron chi connectivity index (χ4n) is 1.89. The normalized spacial score (nSPS) is 28.6. The summed E-state index contributed by atoms with van der Waals surface area (Å²) < 4.78 is 28.3. The van der Waals surface area contributed by atoms with Crippen molar-refractivity contribution in [3.63, 3.8) is 0 Å². The first-order valence-electron chi connectivity index (χ1n) is 6.12. The summed E-state index contributed by atoms with van der Waals surface area (Å²) in [5, 5.41) is -1.02. The third-order valence-electron chi connectivity index (χ3n) is 3.21. The van der Waals surface area contributed by atoms with Crippen molar-refractivity contribution in [2.75, 3.05) is 0 Å². The Morgan fingerprint density at radius 1 is 1.24 bits per heavy atom. The van der Waals surface area contributed by atoms with Crippen LogP contribution in [0.15, 0.2) is 51.3 Å². The molecule has 0 amide bonds. The Morgan fingerprint density at radius 2 is 1.81 bits per heavy atom. The highest BCUT2D eigenvalue weighted by Gasteiger charge is 2.44. The number of ketones is 1. The van der Waals surface area contributed by atoms with Crippen molar-refractivity contribution in [1.29, 1.82) is 0 Å². The predicted octanol–water partition coefficient (Wildman–Crippen LogP) is 2.95. The lowest BCUT2D eigenvalue weighted by atomic mass is 9.88. The van der Waals surface area contributed by atoms with Gasteiger partial charge in [0.05, 0.1) is 10.6 Å². The molecule has 112 valence electrons. The third-order valence-corrected chi connectivity index (χ3v) is 5.67. The minimum absolute atomic E-state index is 0.0577. The lowest BCUT2D eigenvalue weighted by Crippen LogP contribution is -2.46. The second kappa shape index (κ2) is 5.55. The van der Waals surface area contributed by atoms with Crippen molar-refractivity contribution in [2.45, 2.75) is 29.0 Å². The summed E-state index contributed by atoms with van der Waals surface area (Å²) >= 11 is 12.3. The van der Waals surface area contributed by atoms with Crippen LogP contribution < -0.4 is 0 Å². The fourth-order valence-corrected chi connectivity index (χ4v) is 3.55. The average Bonchev–Trinajstić information content (AvgIpc) is 2.43. The minimum atomic E-state index is -3.90. The monoisotopic (exact) mass is 345 g/mol. The van der Waals surface area contributed by atoms with Gasteiger partial charge in [-0.25, -0.2) is 0 Å². The van der Waals surface area contributed by atoms with E-state index >= 15 is 0 Å². The van der Waals surface area contributed by atoms with Gasteiger partial charge in [-0.05, 0) is 37.6 Å². The predicted molar refractivity (Wildman–Crippen MR) is 83.7 cm³/mol. The number of nitrogens with zero attached hydrogens (tertiary/aromatic N) is 1. The molecule has 0 N–H and O–H groups in total. The van der Waals surface area contributed by atoms with E-state index in [1.165, 1.54) is 25.1 Å². The smallest absolute Gasteiger partial charge is 0.282 e. The van der Waals surface area contributed by atoms with Gasteiger partial charge < -0.3 is 0 Å². The van der Waals surface area contributed by atoms with Gasteiger partial charge in [0.2, 0.25) is 0 Å². The Hall–Kier alpha value is -1.17. The maximum atomic E-state index is 12.3. The van der Waals surface area contributed by atoms with Crippen LogP contribution in [0.2, 0.25) is 0 Å². The number of carbonyl (C=O) groups excluding carboxylic acids is 1. The van der Waals surface area contributed by atoms with Crippen molar-refractivity contribution in [2.24, 2.45) is 4.40 Å². The summed E-state index contributed by atoms with van der Waals surface area (Å²) in [4.78, 5) is 10.5. The van der Waals surface area contributed by atoms with Crippen LogP contribution in [-0.4, -0.2) is 30.2 Å². The Labute approximate surface area is 133 Å². The number of carbonyl (C=O) groups is 1. The van der Waals surface area contributed by atoms with Crippen LogP contribution in [-0.2, 0) is 14.8 Å². The molecule has 0 saturated heterocycles. The van der Waals surface area contributed by atoms with Gasteiger partial charge >= 0.3 is 0 Å². The van der Waals surface area contributed by atoms with Gasteiger partial charge in [-0.2, -0.15) is 12.8 Å². The SMILES string of the molecule is CC1=CC(=O)C(C)(Cl)C(Cl)C1=NS(=O)(=O)c1ccccc1. The second-order valence-electron chi connectivity index (χ2n) is 4.89. The minimum Gasteiger partial charge on any atom is -0.293 e. The van der Waals surface area contributed by atoms with Crippen molar-refractivity contribution in [3.8, 4) is 0 Å². The maximum absolute atomic E-state index is 12.3. The number of halogens is 2. The third kappa shape index (κ3) is 3.05. The highest BCUT2D eigenvalue weighted by Crippen LogP contribution is 2.34. The van der Waals surface area contributed by atoms with E-state index in [2.05, 4.69) is 4.40 Å². The molecule has 0 aromatic heterocycles. The summed E-state index contributed by atoms with van der Waals surface area (Å²) in [5.74, 6) is -0.363. The number of alkyl halides is 2. The highest BCUT2D eigenvalue weighted by atomic mass is 35.5. The number of rotatable bonds is 2. The standard InChI is InChI=1S/C14H13Cl2NO3S/c1-9-8-11(18)14(2,16)13(15)12(9)17-21(19,20)10-6-4-3-5-7-10/h3-8,13H,1-2H3. The molecule has 0 fully saturated rings. The van der Waals surface area contributed by atoms with Gasteiger partial charge in [0.15, 0.2) is 5.78 Å². The molecular formula is C14H13Cl2NO3S. The zero-order valence-corrected chi connectivity index (χ0v) is 13.7. The lowest BCUT2D eigenvalue weighted by molar-refractivity contribution is -0.116. The maximum Gasteiger partial charge on any atom is 0.282 e. The van der Waals surface area contributed by atoms with Crippen LogP contribution in [0, 0.1) is 0 Å². The quantitative estimate of drug-likeness (QED) is 0.774. The second-order valence-corrected chi connectivity index (χ2v) is 7.72. The van der Waals surface area contributed by atoms with E-state index < -0.39 is 20.3 Å². The molecule has 0 aliphatic heterocycles. The summed E-state index contributed by atoms with van der Waals surface area (Å²) in [6.07, 6.45) is 1.27. The van der Waals surface area contributed by atoms with Crippen LogP contribution in [0.3, 0.4) is 0 Å². The molecule has 1 aliphatic carbocycles. The summed E-state index contributed by atoms with van der Waals surface area (Å²) in [6, 6.07) is 7.79. The van der Waals surface area contributed by atoms with E-state index in [4.69, 9.17) is 23.2 Å². The van der Waals surface area contributed by atoms with Gasteiger partial charge in [-0.15, -0.1) is 23.2 Å². The van der Waals surface area contributed by atoms with Crippen LogP contribution in [0.4, 0.5) is 0 Å². The lowest BCUT2D eigenvalue weighted by Gasteiger charge is -2.30. The topological polar surface area (TPSA) is 63.6 Å². The Kier molecular flexibility index (Phi) is 4.29. The van der Waals surface area contributed by atoms with Crippen LogP contribution in [0.5, 0.6) is 0 Å². The Morgan fingerprint density at radius 3 is 2.38 bits per heavy atom. The van der Waals surface area contributed by atoms with E-state index in [1.54, 1.807) is 25.1 Å². The molecular weight excluding hydrogens is 333 g/mol. The molecule has 1 aliphatic rings. The van der Waals surface area contributed by atoms with Crippen molar-refractivity contribution in [3.05, 3.63) is 42.0 Å². The molecule has 21 heavy (non-hydrogen) atoms. The van der Waals surface area contributed by atoms with Gasteiger partial charge in [-0.3, -0.25) is 4.79 Å². The van der Waals surface area contributed by atoms with Gasteiger partial charge in [0.1, 0.15) is 10.3 Å². The van der Waals surface area contributed by atoms with Gasteiger partial charge in [0.25, 0.3) is 10.0 Å². The summed E-state index contributed by atoms with van der Waals surface area (Å²) in [7, 11) is -3.90. The molecule has 0 bridgehead atoms. The number of hydrogen-bond donors (Lipinski definition) is 0. The van der Waals surface area contributed by atoms with Gasteiger partial charge in [0, 0.05) is 0 Å². The molecule has 0 saturated carbocycles. The van der Waals surface area contributed by atoms with Crippen molar-refractivity contribution < 1.29 is 13.2 Å². The first kappa shape index (κ1) is 16.2. The highest BCUT2D eigenvalue weighted by molar-refractivity contribution is 7.90. The van der Waals surface area contributed by atoms with E-state index in [1.807, 2.05) is 0 Å². The molecule has 4 nitrogen and oxygen atoms in total. The zero-order valence-electron chi connectivity index (χ0n) is 11.4. The number of hydrogen-bond acceptors (Lipinski definition) is 3. The van der Waals surface area contributed by atoms with Crippen LogP contribution in [0.1, 0.15) is 13.8 Å². The molecule has 0 heterocycles. The molecule has 1 aromatic rings. The first-order valence-corrected chi connectivity index (χ1v) is 8.37. The van der Waals surface area contributed by atoms with Crippen LogP contribution in [0.25, 0.3) is 0 Å². The molecule has 2 rings (SSSR count). The number of allylic oxidation sites excluding steroid dienone is 2. The Bertz CT molecular complexity index is 737. The van der Waals surface area contributed by atoms with E-state index in [9.17, 15) is 13.2 Å². The van der Waals surface area contributed by atoms with E-state index in [-0.39, 0.29) is 16.4 Å². The summed E-state index contributed by atoms with van der Waals surface area (Å²) in [6.45, 7) is 3.03. The largest absolute Gasteiger partial charge is 0.293 e. The van der Waals surface area contributed by atoms with E-state index in [0.29, 0.717) is 5.57 Å².